The van der Waals surface area contributed by atoms with Crippen molar-refractivity contribution >= 4 is 16.7 Å². The molecule has 1 aromatic rings. The summed E-state index contributed by atoms with van der Waals surface area (Å²) in [4.78, 5) is 6.81. The molecule has 15 heavy (non-hydrogen) atoms. The summed E-state index contributed by atoms with van der Waals surface area (Å²) >= 11 is 1.51. The van der Waals surface area contributed by atoms with E-state index in [0.29, 0.717) is 5.92 Å². The molecule has 0 saturated carbocycles. The highest BCUT2D eigenvalue weighted by molar-refractivity contribution is 7.09. The van der Waals surface area contributed by atoms with E-state index in [1.54, 1.807) is 0 Å². The van der Waals surface area contributed by atoms with Crippen LogP contribution in [0.1, 0.15) is 26.1 Å². The Hall–Kier alpha value is -0.680. The molecule has 0 aromatic carbocycles. The summed E-state index contributed by atoms with van der Waals surface area (Å²) in [5.74, 6) is 1.57. The minimum Gasteiger partial charge on any atom is -0.347 e. The summed E-state index contributed by atoms with van der Waals surface area (Å²) in [6.07, 6.45) is 2.10. The zero-order chi connectivity index (χ0) is 10.8. The summed E-state index contributed by atoms with van der Waals surface area (Å²) < 4.78 is 4.31. The Morgan fingerprint density at radius 3 is 3.00 bits per heavy atom. The molecule has 2 N–H and O–H groups in total. The highest BCUT2D eigenvalue weighted by Crippen LogP contribution is 2.26. The first kappa shape index (κ1) is 10.8. The Labute approximate surface area is 94.7 Å². The number of aryl methyl sites for hydroxylation is 1. The van der Waals surface area contributed by atoms with Crippen molar-refractivity contribution in [3.8, 4) is 0 Å². The SMILES string of the molecule is CCc1nsc(N2CCC(C(C)N)C2)n1. The normalized spacial score (nSPS) is 23.4. The molecular formula is C10H18N4S. The lowest BCUT2D eigenvalue weighted by Gasteiger charge is -2.16. The van der Waals surface area contributed by atoms with Gasteiger partial charge in [0.1, 0.15) is 5.82 Å². The van der Waals surface area contributed by atoms with Crippen molar-refractivity contribution in [2.45, 2.75) is 32.7 Å². The first-order valence-corrected chi connectivity index (χ1v) is 6.31. The molecule has 1 saturated heterocycles. The molecule has 2 atom stereocenters. The minimum atomic E-state index is 0.286. The predicted octanol–water partition coefficient (Wildman–Crippen LogP) is 1.27. The van der Waals surface area contributed by atoms with E-state index in [1.807, 2.05) is 0 Å². The largest absolute Gasteiger partial charge is 0.347 e. The molecule has 0 radical (unpaired) electrons. The van der Waals surface area contributed by atoms with Crippen LogP contribution in [-0.4, -0.2) is 28.5 Å². The van der Waals surface area contributed by atoms with Crippen LogP contribution >= 0.6 is 11.5 Å². The van der Waals surface area contributed by atoms with E-state index in [4.69, 9.17) is 5.73 Å². The molecule has 1 aliphatic rings. The summed E-state index contributed by atoms with van der Waals surface area (Å²) in [6, 6.07) is 0.286. The Bertz CT molecular complexity index is 323. The number of hydrogen-bond donors (Lipinski definition) is 1. The molecule has 0 amide bonds. The number of nitrogens with zero attached hydrogens (tertiary/aromatic N) is 3. The number of hydrogen-bond acceptors (Lipinski definition) is 5. The zero-order valence-corrected chi connectivity index (χ0v) is 10.1. The first-order valence-electron chi connectivity index (χ1n) is 5.53. The van der Waals surface area contributed by atoms with Gasteiger partial charge in [0, 0.05) is 37.1 Å². The third-order valence-electron chi connectivity index (χ3n) is 3.01. The van der Waals surface area contributed by atoms with Crippen molar-refractivity contribution in [2.75, 3.05) is 18.0 Å². The van der Waals surface area contributed by atoms with Crippen molar-refractivity contribution in [3.63, 3.8) is 0 Å². The molecule has 1 aliphatic heterocycles. The topological polar surface area (TPSA) is 55.0 Å². The van der Waals surface area contributed by atoms with E-state index in [0.717, 1.165) is 30.5 Å². The molecule has 4 nitrogen and oxygen atoms in total. The van der Waals surface area contributed by atoms with Crippen molar-refractivity contribution in [3.05, 3.63) is 5.82 Å². The van der Waals surface area contributed by atoms with Crippen LogP contribution in [-0.2, 0) is 6.42 Å². The summed E-state index contributed by atoms with van der Waals surface area (Å²) in [6.45, 7) is 6.28. The third-order valence-corrected chi connectivity index (χ3v) is 3.83. The molecule has 1 aromatic heterocycles. The van der Waals surface area contributed by atoms with Crippen LogP contribution in [0.3, 0.4) is 0 Å². The standard InChI is InChI=1S/C10H18N4S/c1-3-9-12-10(15-13-9)14-5-4-8(6-14)7(2)11/h7-8H,3-6,11H2,1-2H3. The second kappa shape index (κ2) is 4.45. The zero-order valence-electron chi connectivity index (χ0n) is 9.31. The number of nitrogens with two attached hydrogens (primary N) is 1. The van der Waals surface area contributed by atoms with E-state index in [1.165, 1.54) is 18.0 Å². The second-order valence-electron chi connectivity index (χ2n) is 4.20. The van der Waals surface area contributed by atoms with Crippen LogP contribution in [0.2, 0.25) is 0 Å². The quantitative estimate of drug-likeness (QED) is 0.843. The fourth-order valence-electron chi connectivity index (χ4n) is 1.91. The Morgan fingerprint density at radius 2 is 2.47 bits per heavy atom. The maximum Gasteiger partial charge on any atom is 0.205 e. The molecular weight excluding hydrogens is 208 g/mol. The van der Waals surface area contributed by atoms with Gasteiger partial charge in [-0.25, -0.2) is 4.98 Å². The van der Waals surface area contributed by atoms with Gasteiger partial charge in [-0.2, -0.15) is 4.37 Å². The molecule has 84 valence electrons. The molecule has 2 heterocycles. The van der Waals surface area contributed by atoms with Crippen LogP contribution in [0.4, 0.5) is 5.13 Å². The van der Waals surface area contributed by atoms with Crippen LogP contribution in [0, 0.1) is 5.92 Å². The average Bonchev–Trinajstić information content (AvgIpc) is 2.86. The van der Waals surface area contributed by atoms with E-state index < -0.39 is 0 Å². The monoisotopic (exact) mass is 226 g/mol. The number of anilines is 1. The van der Waals surface area contributed by atoms with Crippen molar-refractivity contribution in [1.82, 2.24) is 9.36 Å². The Balaban J connectivity index is 2.01. The van der Waals surface area contributed by atoms with Gasteiger partial charge in [-0.05, 0) is 19.3 Å². The van der Waals surface area contributed by atoms with Gasteiger partial charge in [0.15, 0.2) is 0 Å². The lowest BCUT2D eigenvalue weighted by atomic mass is 10.0. The molecule has 1 fully saturated rings. The van der Waals surface area contributed by atoms with E-state index in [9.17, 15) is 0 Å². The van der Waals surface area contributed by atoms with E-state index in [-0.39, 0.29) is 6.04 Å². The maximum absolute atomic E-state index is 5.91. The van der Waals surface area contributed by atoms with Crippen LogP contribution in [0.5, 0.6) is 0 Å². The van der Waals surface area contributed by atoms with Gasteiger partial charge < -0.3 is 10.6 Å². The highest BCUT2D eigenvalue weighted by atomic mass is 32.1. The lowest BCUT2D eigenvalue weighted by molar-refractivity contribution is 0.488. The molecule has 5 heteroatoms. The van der Waals surface area contributed by atoms with Gasteiger partial charge in [-0.15, -0.1) is 0 Å². The smallest absolute Gasteiger partial charge is 0.205 e. The van der Waals surface area contributed by atoms with Crippen LogP contribution < -0.4 is 10.6 Å². The van der Waals surface area contributed by atoms with Crippen LogP contribution in [0.15, 0.2) is 0 Å². The first-order chi connectivity index (χ1) is 7.20. The lowest BCUT2D eigenvalue weighted by Crippen LogP contribution is -2.29. The molecule has 0 aliphatic carbocycles. The summed E-state index contributed by atoms with van der Waals surface area (Å²) in [5, 5.41) is 1.06. The fraction of sp³-hybridized carbons (Fsp3) is 0.800. The van der Waals surface area contributed by atoms with Gasteiger partial charge in [-0.3, -0.25) is 0 Å². The summed E-state index contributed by atoms with van der Waals surface area (Å²) in [5.41, 5.74) is 5.91. The Kier molecular flexibility index (Phi) is 3.21. The van der Waals surface area contributed by atoms with Crippen molar-refractivity contribution in [1.29, 1.82) is 0 Å². The van der Waals surface area contributed by atoms with Crippen LogP contribution in [0.25, 0.3) is 0 Å². The van der Waals surface area contributed by atoms with Gasteiger partial charge in [0.2, 0.25) is 5.13 Å². The molecule has 2 rings (SSSR count). The third kappa shape index (κ3) is 2.29. The second-order valence-corrected chi connectivity index (χ2v) is 4.93. The summed E-state index contributed by atoms with van der Waals surface area (Å²) in [7, 11) is 0. The number of aromatic nitrogens is 2. The van der Waals surface area contributed by atoms with Gasteiger partial charge in [0.25, 0.3) is 0 Å². The highest BCUT2D eigenvalue weighted by Gasteiger charge is 2.27. The predicted molar refractivity (Wildman–Crippen MR) is 63.3 cm³/mol. The fourth-order valence-corrected chi connectivity index (χ4v) is 2.69. The van der Waals surface area contributed by atoms with E-state index in [2.05, 4.69) is 28.1 Å². The Morgan fingerprint density at radius 1 is 1.67 bits per heavy atom. The molecule has 0 bridgehead atoms. The molecule has 0 spiro atoms. The van der Waals surface area contributed by atoms with Crippen molar-refractivity contribution < 1.29 is 0 Å². The molecule has 2 unspecified atom stereocenters. The average molecular weight is 226 g/mol. The minimum absolute atomic E-state index is 0.286. The van der Waals surface area contributed by atoms with Gasteiger partial charge >= 0.3 is 0 Å². The van der Waals surface area contributed by atoms with Crippen molar-refractivity contribution in [2.24, 2.45) is 11.7 Å². The maximum atomic E-state index is 5.91. The van der Waals surface area contributed by atoms with Gasteiger partial charge in [0.05, 0.1) is 0 Å². The number of rotatable bonds is 3. The van der Waals surface area contributed by atoms with Gasteiger partial charge in [-0.1, -0.05) is 6.92 Å². The van der Waals surface area contributed by atoms with E-state index >= 15 is 0 Å².